The molecule has 3 rings (SSSR count). The summed E-state index contributed by atoms with van der Waals surface area (Å²) in [7, 11) is 0. The van der Waals surface area contributed by atoms with E-state index in [-0.39, 0.29) is 5.91 Å². The number of aryl methyl sites for hydroxylation is 3. The van der Waals surface area contributed by atoms with Crippen LogP contribution >= 0.6 is 27.3 Å². The zero-order chi connectivity index (χ0) is 19.0. The lowest BCUT2D eigenvalue weighted by Gasteiger charge is -2.16. The largest absolute Gasteiger partial charge is 0.368 e. The summed E-state index contributed by atoms with van der Waals surface area (Å²) in [4.78, 5) is 30.7. The van der Waals surface area contributed by atoms with Crippen molar-refractivity contribution in [1.29, 1.82) is 0 Å². The highest BCUT2D eigenvalue weighted by molar-refractivity contribution is 9.10. The quantitative estimate of drug-likeness (QED) is 0.655. The van der Waals surface area contributed by atoms with Gasteiger partial charge in [0.15, 0.2) is 0 Å². The Kier molecular flexibility index (Phi) is 5.11. The average Bonchev–Trinajstić information content (AvgIpc) is 2.88. The number of pyridine rings is 1. The van der Waals surface area contributed by atoms with E-state index in [0.717, 1.165) is 31.5 Å². The van der Waals surface area contributed by atoms with E-state index in [9.17, 15) is 9.59 Å². The summed E-state index contributed by atoms with van der Waals surface area (Å²) < 4.78 is 0.809. The lowest BCUT2D eigenvalue weighted by molar-refractivity contribution is -0.120. The molecule has 0 unspecified atom stereocenters. The van der Waals surface area contributed by atoms with Gasteiger partial charge in [0, 0.05) is 15.6 Å². The Hall–Kier alpha value is -2.25. The number of primary amides is 1. The number of hydrogen-bond donors (Lipinski definition) is 2. The molecule has 0 saturated carbocycles. The van der Waals surface area contributed by atoms with Crippen LogP contribution in [0.15, 0.2) is 34.8 Å². The van der Waals surface area contributed by atoms with Crippen molar-refractivity contribution >= 4 is 49.3 Å². The van der Waals surface area contributed by atoms with E-state index < -0.39 is 11.9 Å². The molecule has 0 saturated heterocycles. The second-order valence-electron chi connectivity index (χ2n) is 6.18. The predicted molar refractivity (Wildman–Crippen MR) is 107 cm³/mol. The number of nitrogens with one attached hydrogen (secondary N) is 1. The normalized spacial score (nSPS) is 12.2. The van der Waals surface area contributed by atoms with Gasteiger partial charge in [-0.3, -0.25) is 9.59 Å². The smallest absolute Gasteiger partial charge is 0.262 e. The number of nitrogens with zero attached hydrogens (tertiary/aromatic N) is 1. The van der Waals surface area contributed by atoms with E-state index in [1.54, 1.807) is 18.2 Å². The van der Waals surface area contributed by atoms with Gasteiger partial charge in [-0.05, 0) is 55.7 Å². The Morgan fingerprint density at radius 3 is 2.62 bits per heavy atom. The number of thiophene rings is 1. The minimum absolute atomic E-state index is 0.327. The zero-order valence-corrected chi connectivity index (χ0v) is 17.0. The molecule has 0 aliphatic rings. The molecule has 26 heavy (non-hydrogen) atoms. The number of halogens is 1. The monoisotopic (exact) mass is 431 g/mol. The van der Waals surface area contributed by atoms with E-state index in [4.69, 9.17) is 5.73 Å². The van der Waals surface area contributed by atoms with Gasteiger partial charge in [-0.1, -0.05) is 28.1 Å². The zero-order valence-electron chi connectivity index (χ0n) is 14.6. The molecule has 5 nitrogen and oxygen atoms in total. The summed E-state index contributed by atoms with van der Waals surface area (Å²) in [5.41, 5.74) is 9.01. The molecular formula is C19H18BrN3O2S. The number of carbonyl (C=O) groups is 2. The van der Waals surface area contributed by atoms with Crippen molar-refractivity contribution in [2.75, 3.05) is 0 Å². The van der Waals surface area contributed by atoms with Gasteiger partial charge in [0.1, 0.15) is 10.9 Å². The number of nitrogens with two attached hydrogens (primary N) is 1. The highest BCUT2D eigenvalue weighted by Crippen LogP contribution is 2.32. The minimum atomic E-state index is -0.902. The highest BCUT2D eigenvalue weighted by Gasteiger charge is 2.24. The fraction of sp³-hybridized carbons (Fsp3) is 0.211. The number of aromatic nitrogens is 1. The predicted octanol–water partition coefficient (Wildman–Crippen LogP) is 3.94. The van der Waals surface area contributed by atoms with Crippen molar-refractivity contribution in [1.82, 2.24) is 10.3 Å². The van der Waals surface area contributed by atoms with Gasteiger partial charge in [0.25, 0.3) is 5.91 Å². The van der Waals surface area contributed by atoms with Gasteiger partial charge < -0.3 is 11.1 Å². The van der Waals surface area contributed by atoms with E-state index in [2.05, 4.69) is 26.2 Å². The van der Waals surface area contributed by atoms with E-state index in [1.807, 2.05) is 32.9 Å². The fourth-order valence-corrected chi connectivity index (χ4v) is 4.66. The molecule has 0 aliphatic carbocycles. The van der Waals surface area contributed by atoms with E-state index >= 15 is 0 Å². The lowest BCUT2D eigenvalue weighted by atomic mass is 10.1. The maximum absolute atomic E-state index is 12.9. The molecule has 0 radical (unpaired) electrons. The first kappa shape index (κ1) is 18.5. The molecule has 3 N–H and O–H groups in total. The Balaban J connectivity index is 1.98. The highest BCUT2D eigenvalue weighted by atomic mass is 79.9. The molecule has 1 atom stereocenters. The summed E-state index contributed by atoms with van der Waals surface area (Å²) >= 11 is 4.70. The van der Waals surface area contributed by atoms with Crippen molar-refractivity contribution < 1.29 is 9.59 Å². The molecule has 0 aliphatic heterocycles. The first-order valence-corrected chi connectivity index (χ1v) is 9.62. The number of hydrogen-bond acceptors (Lipinski definition) is 4. The molecule has 7 heteroatoms. The SMILES string of the molecule is Cc1cc(C)c2c(C)c(C(=O)N[C@H](C(N)=O)c3cccc(Br)c3)sc2n1. The Morgan fingerprint density at radius 2 is 1.96 bits per heavy atom. The van der Waals surface area contributed by atoms with E-state index in [0.29, 0.717) is 10.4 Å². The van der Waals surface area contributed by atoms with Crippen LogP contribution in [0.1, 0.15) is 38.1 Å². The van der Waals surface area contributed by atoms with Crippen LogP contribution < -0.4 is 11.1 Å². The van der Waals surface area contributed by atoms with Crippen molar-refractivity contribution in [3.05, 3.63) is 62.1 Å². The third-order valence-electron chi connectivity index (χ3n) is 4.17. The lowest BCUT2D eigenvalue weighted by Crippen LogP contribution is -2.37. The molecule has 3 aromatic rings. The van der Waals surface area contributed by atoms with Crippen LogP contribution in [-0.2, 0) is 4.79 Å². The molecule has 2 aromatic heterocycles. The maximum Gasteiger partial charge on any atom is 0.262 e. The molecular weight excluding hydrogens is 414 g/mol. The van der Waals surface area contributed by atoms with Crippen molar-refractivity contribution in [2.24, 2.45) is 5.73 Å². The summed E-state index contributed by atoms with van der Waals surface area (Å²) in [5.74, 6) is -0.938. The third kappa shape index (κ3) is 3.50. The Morgan fingerprint density at radius 1 is 1.23 bits per heavy atom. The van der Waals surface area contributed by atoms with Crippen molar-refractivity contribution in [2.45, 2.75) is 26.8 Å². The second kappa shape index (κ2) is 7.17. The van der Waals surface area contributed by atoms with Gasteiger partial charge in [-0.2, -0.15) is 0 Å². The van der Waals surface area contributed by atoms with Crippen LogP contribution in [0.2, 0.25) is 0 Å². The molecule has 2 heterocycles. The maximum atomic E-state index is 12.9. The van der Waals surface area contributed by atoms with Crippen LogP contribution in [0.3, 0.4) is 0 Å². The van der Waals surface area contributed by atoms with Gasteiger partial charge in [-0.15, -0.1) is 11.3 Å². The number of rotatable bonds is 4. The first-order chi connectivity index (χ1) is 12.3. The molecule has 1 aromatic carbocycles. The molecule has 2 amide bonds. The summed E-state index contributed by atoms with van der Waals surface area (Å²) in [6, 6.07) is 8.26. The van der Waals surface area contributed by atoms with Crippen LogP contribution in [-0.4, -0.2) is 16.8 Å². The van der Waals surface area contributed by atoms with Crippen LogP contribution in [0.5, 0.6) is 0 Å². The number of amides is 2. The molecule has 134 valence electrons. The summed E-state index contributed by atoms with van der Waals surface area (Å²) in [6.45, 7) is 5.83. The van der Waals surface area contributed by atoms with Gasteiger partial charge >= 0.3 is 0 Å². The average molecular weight is 432 g/mol. The third-order valence-corrected chi connectivity index (χ3v) is 5.85. The summed E-state index contributed by atoms with van der Waals surface area (Å²) in [5, 5.41) is 3.75. The van der Waals surface area contributed by atoms with Crippen LogP contribution in [0.4, 0.5) is 0 Å². The molecule has 0 spiro atoms. The van der Waals surface area contributed by atoms with E-state index in [1.165, 1.54) is 11.3 Å². The van der Waals surface area contributed by atoms with Gasteiger partial charge in [0.05, 0.1) is 4.88 Å². The van der Waals surface area contributed by atoms with Gasteiger partial charge in [-0.25, -0.2) is 4.98 Å². The second-order valence-corrected chi connectivity index (χ2v) is 8.10. The van der Waals surface area contributed by atoms with Crippen molar-refractivity contribution in [3.63, 3.8) is 0 Å². The van der Waals surface area contributed by atoms with Crippen molar-refractivity contribution in [3.8, 4) is 0 Å². The van der Waals surface area contributed by atoms with Gasteiger partial charge in [0.2, 0.25) is 5.91 Å². The first-order valence-electron chi connectivity index (χ1n) is 8.01. The van der Waals surface area contributed by atoms with Crippen LogP contribution in [0.25, 0.3) is 10.2 Å². The van der Waals surface area contributed by atoms with Crippen LogP contribution in [0, 0.1) is 20.8 Å². The molecule has 0 fully saturated rings. The minimum Gasteiger partial charge on any atom is -0.368 e. The Bertz CT molecular complexity index is 1030. The molecule has 0 bridgehead atoms. The number of benzene rings is 1. The Labute approximate surface area is 163 Å². The standard InChI is InChI=1S/C19H18BrN3O2S/c1-9-7-10(2)22-19-14(9)11(3)16(26-19)18(25)23-15(17(21)24)12-5-4-6-13(20)8-12/h4-8,15H,1-3H3,(H2,21,24)(H,23,25)/t15-/m0/s1. The number of carbonyl (C=O) groups excluding carboxylic acids is 2. The fourth-order valence-electron chi connectivity index (χ4n) is 3.04. The summed E-state index contributed by atoms with van der Waals surface area (Å²) in [6.07, 6.45) is 0. The number of fused-ring (bicyclic) bond motifs is 1. The topological polar surface area (TPSA) is 85.1 Å².